The molecule has 0 unspecified atom stereocenters. The molecule has 218 valence electrons. The van der Waals surface area contributed by atoms with Gasteiger partial charge in [0.25, 0.3) is 0 Å². The molecule has 0 bridgehead atoms. The first-order valence-electron chi connectivity index (χ1n) is 13.7. The highest BCUT2D eigenvalue weighted by Crippen LogP contribution is 2.34. The van der Waals surface area contributed by atoms with Gasteiger partial charge in [-0.25, -0.2) is 9.78 Å². The zero-order chi connectivity index (χ0) is 29.0. The van der Waals surface area contributed by atoms with E-state index >= 15 is 0 Å². The molecule has 2 aromatic heterocycles. The maximum atomic E-state index is 10.6. The molecule has 2 aromatic carbocycles. The fraction of sp³-hybridized carbons (Fsp3) is 0.400. The number of carboxylic acid groups (broad SMARTS) is 1. The molecule has 2 N–H and O–H groups in total. The van der Waals surface area contributed by atoms with E-state index in [1.165, 1.54) is 73.0 Å². The van der Waals surface area contributed by atoms with E-state index in [0.717, 1.165) is 29.4 Å². The van der Waals surface area contributed by atoms with Crippen LogP contribution in [0.4, 0.5) is 13.2 Å². The summed E-state index contributed by atoms with van der Waals surface area (Å²) in [6.07, 6.45) is -2.42. The number of aromatic nitrogens is 2. The first-order chi connectivity index (χ1) is 19.7. The number of rotatable bonds is 5. The number of para-hydroxylation sites is 2. The summed E-state index contributed by atoms with van der Waals surface area (Å²) in [5.41, 5.74) is 4.79. The molecule has 0 saturated carbocycles. The lowest BCUT2D eigenvalue weighted by atomic mass is 10.0. The molecule has 0 atom stereocenters. The normalized spacial score (nSPS) is 17.9. The third-order valence-corrected chi connectivity index (χ3v) is 8.87. The van der Waals surface area contributed by atoms with Gasteiger partial charge in [0.1, 0.15) is 5.82 Å². The average Bonchev–Trinajstić information content (AvgIpc) is 3.62. The molecule has 4 aromatic rings. The molecule has 2 saturated heterocycles. The summed E-state index contributed by atoms with van der Waals surface area (Å²) in [5.74, 6) is -1.80. The molecular formula is C30H34F3N5O2S. The highest BCUT2D eigenvalue weighted by atomic mass is 32.1. The second kappa shape index (κ2) is 12.7. The van der Waals surface area contributed by atoms with E-state index < -0.39 is 12.1 Å². The smallest absolute Gasteiger partial charge is 0.475 e. The number of imidazole rings is 1. The van der Waals surface area contributed by atoms with Crippen molar-refractivity contribution < 1.29 is 23.1 Å². The van der Waals surface area contributed by atoms with Crippen molar-refractivity contribution in [1.82, 2.24) is 24.7 Å². The zero-order valence-corrected chi connectivity index (χ0v) is 23.7. The van der Waals surface area contributed by atoms with Gasteiger partial charge >= 0.3 is 12.1 Å². The van der Waals surface area contributed by atoms with Gasteiger partial charge in [-0.15, -0.1) is 11.3 Å². The number of nitrogens with zero attached hydrogens (tertiary/aromatic N) is 4. The molecule has 0 amide bonds. The van der Waals surface area contributed by atoms with Crippen molar-refractivity contribution in [3.8, 4) is 21.1 Å². The van der Waals surface area contributed by atoms with Crippen LogP contribution in [0.5, 0.6) is 0 Å². The molecule has 2 aliphatic rings. The number of aromatic amines is 1. The van der Waals surface area contributed by atoms with Crippen LogP contribution >= 0.6 is 11.3 Å². The Morgan fingerprint density at radius 2 is 1.59 bits per heavy atom. The van der Waals surface area contributed by atoms with Crippen LogP contribution in [-0.4, -0.2) is 94.3 Å². The van der Waals surface area contributed by atoms with E-state index in [2.05, 4.69) is 75.3 Å². The second-order valence-corrected chi connectivity index (χ2v) is 11.7. The highest BCUT2D eigenvalue weighted by Gasteiger charge is 2.38. The molecule has 2 fully saturated rings. The number of carboxylic acids is 1. The van der Waals surface area contributed by atoms with Crippen LogP contribution in [0.1, 0.15) is 18.4 Å². The van der Waals surface area contributed by atoms with Crippen LogP contribution in [0, 0.1) is 0 Å². The van der Waals surface area contributed by atoms with Crippen LogP contribution in [0.25, 0.3) is 32.2 Å². The van der Waals surface area contributed by atoms with Crippen molar-refractivity contribution in [2.45, 2.75) is 31.6 Å². The summed E-state index contributed by atoms with van der Waals surface area (Å²) in [6, 6.07) is 22.6. The number of fused-ring (bicyclic) bond motifs is 1. The van der Waals surface area contributed by atoms with Crippen molar-refractivity contribution in [2.24, 2.45) is 0 Å². The lowest BCUT2D eigenvalue weighted by molar-refractivity contribution is -0.192. The van der Waals surface area contributed by atoms with Gasteiger partial charge in [-0.3, -0.25) is 9.80 Å². The number of halogens is 3. The van der Waals surface area contributed by atoms with Crippen molar-refractivity contribution in [3.63, 3.8) is 0 Å². The van der Waals surface area contributed by atoms with E-state index in [-0.39, 0.29) is 0 Å². The van der Waals surface area contributed by atoms with Crippen LogP contribution in [0.15, 0.2) is 60.7 Å². The van der Waals surface area contributed by atoms with Crippen molar-refractivity contribution in [1.29, 1.82) is 0 Å². The van der Waals surface area contributed by atoms with E-state index in [9.17, 15) is 13.2 Å². The number of alkyl halides is 3. The molecule has 11 heteroatoms. The Morgan fingerprint density at radius 3 is 2.22 bits per heavy atom. The zero-order valence-electron chi connectivity index (χ0n) is 22.9. The SMILES string of the molecule is CN1CCC(N2CCN(Cc3ccc(-c4ccc(-c5nc6ccccc6[nH]5)s4)cc3)CC2)CC1.O=C(O)C(F)(F)F. The van der Waals surface area contributed by atoms with Gasteiger partial charge < -0.3 is 15.0 Å². The fourth-order valence-corrected chi connectivity index (χ4v) is 6.33. The third kappa shape index (κ3) is 7.53. The predicted octanol–water partition coefficient (Wildman–Crippen LogP) is 5.80. The Balaban J connectivity index is 0.000000431. The Kier molecular flexibility index (Phi) is 9.08. The van der Waals surface area contributed by atoms with Crippen molar-refractivity contribution in [3.05, 3.63) is 66.2 Å². The van der Waals surface area contributed by atoms with Gasteiger partial charge in [-0.1, -0.05) is 36.4 Å². The Bertz CT molecular complexity index is 1400. The van der Waals surface area contributed by atoms with Crippen LogP contribution in [0.3, 0.4) is 0 Å². The number of nitrogens with one attached hydrogen (secondary N) is 1. The number of piperidine rings is 1. The number of hydrogen-bond donors (Lipinski definition) is 2. The lowest BCUT2D eigenvalue weighted by Gasteiger charge is -2.42. The number of likely N-dealkylation sites (tertiary alicyclic amines) is 1. The number of carbonyl (C=O) groups is 1. The largest absolute Gasteiger partial charge is 0.490 e. The van der Waals surface area contributed by atoms with Crippen molar-refractivity contribution >= 4 is 28.3 Å². The topological polar surface area (TPSA) is 75.7 Å². The van der Waals surface area contributed by atoms with Gasteiger partial charge in [0.2, 0.25) is 0 Å². The monoisotopic (exact) mass is 585 g/mol. The second-order valence-electron chi connectivity index (χ2n) is 10.6. The minimum atomic E-state index is -5.08. The van der Waals surface area contributed by atoms with Crippen molar-refractivity contribution in [2.75, 3.05) is 46.3 Å². The molecular weight excluding hydrogens is 551 g/mol. The summed E-state index contributed by atoms with van der Waals surface area (Å²) in [5, 5.41) is 7.12. The lowest BCUT2D eigenvalue weighted by Crippen LogP contribution is -2.52. The third-order valence-electron chi connectivity index (χ3n) is 7.73. The molecule has 41 heavy (non-hydrogen) atoms. The number of thiophene rings is 1. The molecule has 4 heterocycles. The first-order valence-corrected chi connectivity index (χ1v) is 14.6. The van der Waals surface area contributed by atoms with E-state index in [1.54, 1.807) is 11.3 Å². The standard InChI is InChI=1S/C28H33N5S.C2HF3O2/c1-31-14-12-23(13-15-31)33-18-16-32(17-19-33)20-21-6-8-22(9-7-21)26-10-11-27(34-26)28-29-24-4-2-3-5-25(24)30-28;3-2(4,5)1(6)7/h2-11,23H,12-20H2,1H3,(H,29,30);(H,6,7). The maximum absolute atomic E-state index is 10.6. The average molecular weight is 586 g/mol. The van der Waals surface area contributed by atoms with Gasteiger partial charge in [0, 0.05) is 43.6 Å². The van der Waals surface area contributed by atoms with E-state index in [1.807, 2.05) is 12.1 Å². The molecule has 6 rings (SSSR count). The summed E-state index contributed by atoms with van der Waals surface area (Å²) in [7, 11) is 2.25. The minimum absolute atomic E-state index is 0.799. The molecule has 0 radical (unpaired) electrons. The quantitative estimate of drug-likeness (QED) is 0.308. The van der Waals surface area contributed by atoms with Gasteiger partial charge in [0.05, 0.1) is 15.9 Å². The Hall–Kier alpha value is -3.25. The summed E-state index contributed by atoms with van der Waals surface area (Å²) < 4.78 is 31.7. The first kappa shape index (κ1) is 29.2. The Labute approximate surface area is 241 Å². The summed E-state index contributed by atoms with van der Waals surface area (Å²) in [6.45, 7) is 8.34. The molecule has 7 nitrogen and oxygen atoms in total. The molecule has 0 aliphatic carbocycles. The van der Waals surface area contributed by atoms with Gasteiger partial charge in [-0.2, -0.15) is 13.2 Å². The van der Waals surface area contributed by atoms with Gasteiger partial charge in [0.15, 0.2) is 0 Å². The summed E-state index contributed by atoms with van der Waals surface area (Å²) in [4.78, 5) is 27.4. The predicted molar refractivity (Wildman–Crippen MR) is 156 cm³/mol. The number of piperazine rings is 1. The van der Waals surface area contributed by atoms with Crippen LogP contribution < -0.4 is 0 Å². The summed E-state index contributed by atoms with van der Waals surface area (Å²) >= 11 is 1.80. The number of hydrogen-bond acceptors (Lipinski definition) is 6. The molecule has 0 spiro atoms. The minimum Gasteiger partial charge on any atom is -0.475 e. The van der Waals surface area contributed by atoms with E-state index in [0.29, 0.717) is 0 Å². The Morgan fingerprint density at radius 1 is 0.951 bits per heavy atom. The fourth-order valence-electron chi connectivity index (χ4n) is 5.37. The van der Waals surface area contributed by atoms with E-state index in [4.69, 9.17) is 14.9 Å². The highest BCUT2D eigenvalue weighted by molar-refractivity contribution is 7.18. The van der Waals surface area contributed by atoms with Gasteiger partial charge in [-0.05, 0) is 68.4 Å². The maximum Gasteiger partial charge on any atom is 0.490 e. The van der Waals surface area contributed by atoms with Crippen LogP contribution in [-0.2, 0) is 11.3 Å². The van der Waals surface area contributed by atoms with Crippen LogP contribution in [0.2, 0.25) is 0 Å². The number of benzene rings is 2. The number of H-pyrrole nitrogens is 1. The number of aliphatic carboxylic acids is 1. The molecule has 2 aliphatic heterocycles.